The van der Waals surface area contributed by atoms with Crippen molar-refractivity contribution in [1.82, 2.24) is 0 Å². The summed E-state index contributed by atoms with van der Waals surface area (Å²) >= 11 is 0. The minimum absolute atomic E-state index is 0. The second-order valence-electron chi connectivity index (χ2n) is 5.40. The molecule has 0 aliphatic rings. The quantitative estimate of drug-likeness (QED) is 0.412. The zero-order valence-corrected chi connectivity index (χ0v) is 18.6. The second kappa shape index (κ2) is 14.2. The largest absolute Gasteiger partial charge is 0.508 e. The molecule has 0 saturated carbocycles. The van der Waals surface area contributed by atoms with Crippen LogP contribution in [0.25, 0.3) is 11.1 Å². The number of hydrogen-bond donors (Lipinski definition) is 2. The molecular formula is C24H22KO2. The van der Waals surface area contributed by atoms with E-state index < -0.39 is 0 Å². The monoisotopic (exact) mass is 381 g/mol. The number of aromatic hydroxyl groups is 2. The molecule has 1 radical (unpaired) electrons. The average Bonchev–Trinajstić information content (AvgIpc) is 2.72. The van der Waals surface area contributed by atoms with Gasteiger partial charge in [0.1, 0.15) is 11.5 Å². The van der Waals surface area contributed by atoms with E-state index in [0.717, 1.165) is 0 Å². The molecule has 0 aliphatic carbocycles. The van der Waals surface area contributed by atoms with Crippen LogP contribution >= 0.6 is 0 Å². The van der Waals surface area contributed by atoms with E-state index in [0.29, 0.717) is 11.5 Å². The molecule has 2 N–H and O–H groups in total. The van der Waals surface area contributed by atoms with Crippen LogP contribution in [0, 0.1) is 0 Å². The Morgan fingerprint density at radius 3 is 0.741 bits per heavy atom. The molecule has 0 aliphatic heterocycles. The Morgan fingerprint density at radius 2 is 0.556 bits per heavy atom. The molecule has 3 heteroatoms. The number of para-hydroxylation sites is 2. The molecule has 0 spiro atoms. The summed E-state index contributed by atoms with van der Waals surface area (Å²) in [6.45, 7) is 0. The average molecular weight is 382 g/mol. The van der Waals surface area contributed by atoms with E-state index in [1.807, 2.05) is 24.3 Å². The van der Waals surface area contributed by atoms with Gasteiger partial charge in [-0.1, -0.05) is 97.1 Å². The van der Waals surface area contributed by atoms with Crippen molar-refractivity contribution in [3.63, 3.8) is 0 Å². The summed E-state index contributed by atoms with van der Waals surface area (Å²) in [7, 11) is 0. The Kier molecular flexibility index (Phi) is 12.2. The van der Waals surface area contributed by atoms with Crippen LogP contribution < -0.4 is 0 Å². The molecule has 27 heavy (non-hydrogen) atoms. The summed E-state index contributed by atoms with van der Waals surface area (Å²) in [6.07, 6.45) is 0. The second-order valence-corrected chi connectivity index (χ2v) is 5.40. The van der Waals surface area contributed by atoms with E-state index in [-0.39, 0.29) is 51.4 Å². The zero-order valence-electron chi connectivity index (χ0n) is 15.4. The number of phenols is 2. The van der Waals surface area contributed by atoms with Crippen LogP contribution in [0.1, 0.15) is 0 Å². The van der Waals surface area contributed by atoms with Crippen LogP contribution in [0.3, 0.4) is 0 Å². The normalized spacial score (nSPS) is 8.74. The third-order valence-corrected chi connectivity index (χ3v) is 3.39. The fraction of sp³-hybridized carbons (Fsp3) is 0. The molecular weight excluding hydrogens is 359 g/mol. The SMILES string of the molecule is Oc1ccccc1.Oc1ccccc1.[K].c1ccc(-c2ccccc2)cc1. The first kappa shape index (κ1) is 23.2. The van der Waals surface area contributed by atoms with E-state index in [9.17, 15) is 0 Å². The van der Waals surface area contributed by atoms with Crippen molar-refractivity contribution >= 4 is 51.4 Å². The fourth-order valence-corrected chi connectivity index (χ4v) is 2.12. The standard InChI is InChI=1S/C12H10.2C6H6O.K/c1-3-7-11(8-4-1)12-9-5-2-6-10-12;2*7-6-4-2-1-3-5-6;/h1-10H;2*1-5,7H;. The van der Waals surface area contributed by atoms with E-state index in [2.05, 4.69) is 48.5 Å². The maximum atomic E-state index is 8.63. The van der Waals surface area contributed by atoms with Crippen molar-refractivity contribution in [2.75, 3.05) is 0 Å². The van der Waals surface area contributed by atoms with Gasteiger partial charge in [-0.15, -0.1) is 0 Å². The first-order valence-electron chi connectivity index (χ1n) is 8.34. The smallest absolute Gasteiger partial charge is 0.115 e. The topological polar surface area (TPSA) is 40.5 Å². The number of benzene rings is 4. The molecule has 4 rings (SSSR count). The molecule has 0 saturated heterocycles. The Morgan fingerprint density at radius 1 is 0.333 bits per heavy atom. The van der Waals surface area contributed by atoms with Gasteiger partial charge in [0.2, 0.25) is 0 Å². The third-order valence-electron chi connectivity index (χ3n) is 3.39. The van der Waals surface area contributed by atoms with Gasteiger partial charge in [-0.05, 0) is 35.4 Å². The van der Waals surface area contributed by atoms with Crippen LogP contribution in [-0.2, 0) is 0 Å². The van der Waals surface area contributed by atoms with Gasteiger partial charge in [0.05, 0.1) is 0 Å². The van der Waals surface area contributed by atoms with Gasteiger partial charge in [0, 0.05) is 51.4 Å². The van der Waals surface area contributed by atoms with Crippen molar-refractivity contribution < 1.29 is 10.2 Å². The molecule has 4 aromatic carbocycles. The van der Waals surface area contributed by atoms with Crippen molar-refractivity contribution in [3.05, 3.63) is 121 Å². The van der Waals surface area contributed by atoms with Crippen LogP contribution in [0.2, 0.25) is 0 Å². The Hall–Kier alpha value is -1.88. The van der Waals surface area contributed by atoms with E-state index in [1.54, 1.807) is 48.5 Å². The van der Waals surface area contributed by atoms with Crippen LogP contribution in [-0.4, -0.2) is 61.6 Å². The molecule has 2 nitrogen and oxygen atoms in total. The minimum Gasteiger partial charge on any atom is -0.508 e. The molecule has 131 valence electrons. The molecule has 0 atom stereocenters. The van der Waals surface area contributed by atoms with Crippen LogP contribution in [0.4, 0.5) is 0 Å². The minimum atomic E-state index is 0. The summed E-state index contributed by atoms with van der Waals surface area (Å²) < 4.78 is 0. The van der Waals surface area contributed by atoms with Crippen molar-refractivity contribution in [2.45, 2.75) is 0 Å². The first-order chi connectivity index (χ1) is 12.8. The van der Waals surface area contributed by atoms with Crippen LogP contribution in [0.5, 0.6) is 11.5 Å². The van der Waals surface area contributed by atoms with Gasteiger partial charge in [-0.25, -0.2) is 0 Å². The third kappa shape index (κ3) is 10.1. The molecule has 0 aromatic heterocycles. The molecule has 4 aromatic rings. The van der Waals surface area contributed by atoms with Gasteiger partial charge in [0.25, 0.3) is 0 Å². The van der Waals surface area contributed by atoms with Crippen molar-refractivity contribution in [3.8, 4) is 22.6 Å². The number of hydrogen-bond acceptors (Lipinski definition) is 2. The fourth-order valence-electron chi connectivity index (χ4n) is 2.12. The van der Waals surface area contributed by atoms with Gasteiger partial charge >= 0.3 is 0 Å². The van der Waals surface area contributed by atoms with Crippen molar-refractivity contribution in [1.29, 1.82) is 0 Å². The molecule has 0 bridgehead atoms. The maximum Gasteiger partial charge on any atom is 0.115 e. The van der Waals surface area contributed by atoms with E-state index >= 15 is 0 Å². The summed E-state index contributed by atoms with van der Waals surface area (Å²) in [6, 6.07) is 38.2. The number of rotatable bonds is 1. The first-order valence-corrected chi connectivity index (χ1v) is 8.34. The summed E-state index contributed by atoms with van der Waals surface area (Å²) in [5.74, 6) is 0.644. The van der Waals surface area contributed by atoms with Gasteiger partial charge < -0.3 is 10.2 Å². The summed E-state index contributed by atoms with van der Waals surface area (Å²) in [4.78, 5) is 0. The Bertz CT molecular complexity index is 761. The van der Waals surface area contributed by atoms with Crippen LogP contribution in [0.15, 0.2) is 121 Å². The summed E-state index contributed by atoms with van der Waals surface area (Å²) in [5, 5.41) is 17.3. The molecule has 0 heterocycles. The zero-order chi connectivity index (χ0) is 18.5. The predicted octanol–water partition coefficient (Wildman–Crippen LogP) is 5.76. The molecule has 0 fully saturated rings. The van der Waals surface area contributed by atoms with Gasteiger partial charge in [-0.3, -0.25) is 0 Å². The van der Waals surface area contributed by atoms with Crippen molar-refractivity contribution in [2.24, 2.45) is 0 Å². The summed E-state index contributed by atoms with van der Waals surface area (Å²) in [5.41, 5.74) is 2.55. The Balaban J connectivity index is 0.000000211. The maximum absolute atomic E-state index is 8.63. The molecule has 0 unspecified atom stereocenters. The van der Waals surface area contributed by atoms with Gasteiger partial charge in [-0.2, -0.15) is 0 Å². The number of phenolic OH excluding ortho intramolecular Hbond substituents is 2. The predicted molar refractivity (Wildman–Crippen MR) is 114 cm³/mol. The Labute approximate surface area is 203 Å². The van der Waals surface area contributed by atoms with E-state index in [1.165, 1.54) is 11.1 Å². The van der Waals surface area contributed by atoms with Gasteiger partial charge in [0.15, 0.2) is 0 Å². The van der Waals surface area contributed by atoms with E-state index in [4.69, 9.17) is 10.2 Å². The molecule has 0 amide bonds.